The molecule has 0 saturated heterocycles. The zero-order valence-electron chi connectivity index (χ0n) is 14.3. The molecule has 0 bridgehead atoms. The molecule has 1 N–H and O–H groups in total. The van der Waals surface area contributed by atoms with E-state index in [1.54, 1.807) is 20.8 Å². The first-order valence-corrected chi connectivity index (χ1v) is 6.81. The van der Waals surface area contributed by atoms with E-state index in [-0.39, 0.29) is 69.1 Å². The summed E-state index contributed by atoms with van der Waals surface area (Å²) in [5, 5.41) is 2.24. The maximum atomic E-state index is 13.0. The van der Waals surface area contributed by atoms with Crippen molar-refractivity contribution < 1.29 is 83.4 Å². The Hall–Kier alpha value is -0.549. The molecule has 0 unspecified atom stereocenters. The summed E-state index contributed by atoms with van der Waals surface area (Å²) in [7, 11) is 1.14. The Labute approximate surface area is 181 Å². The van der Waals surface area contributed by atoms with Crippen LogP contribution in [0, 0.1) is 0 Å². The van der Waals surface area contributed by atoms with E-state index in [1.807, 2.05) is 0 Å². The molecular formula is C14H18BF3KNO4. The molecule has 0 fully saturated rings. The number of amides is 1. The molecule has 128 valence electrons. The standard InChI is InChI=1S/C14H18BF3NO4.K/c1-14(2,3)23-13(21)19-11-6-9(7-12(20)22-4)5-10(8-11)15(16,17)18;/h5-6,8H,7H2,1-4H3,(H,19,21);/q-1;+1. The summed E-state index contributed by atoms with van der Waals surface area (Å²) >= 11 is 0. The number of halogens is 3. The molecule has 1 amide bonds. The summed E-state index contributed by atoms with van der Waals surface area (Å²) in [6.45, 7) is -0.394. The zero-order chi connectivity index (χ0) is 17.8. The molecule has 0 aliphatic carbocycles. The number of esters is 1. The van der Waals surface area contributed by atoms with E-state index in [4.69, 9.17) is 4.74 Å². The van der Waals surface area contributed by atoms with Crippen LogP contribution in [0.1, 0.15) is 26.3 Å². The number of anilines is 1. The van der Waals surface area contributed by atoms with E-state index >= 15 is 0 Å². The first-order valence-electron chi connectivity index (χ1n) is 6.81. The zero-order valence-corrected chi connectivity index (χ0v) is 17.4. The van der Waals surface area contributed by atoms with Crippen molar-refractivity contribution in [2.45, 2.75) is 32.8 Å². The minimum absolute atomic E-state index is 0. The third-order valence-electron chi connectivity index (χ3n) is 2.61. The smallest absolute Gasteiger partial charge is 0.469 e. The third kappa shape index (κ3) is 8.52. The van der Waals surface area contributed by atoms with Gasteiger partial charge in [-0.15, -0.1) is 5.46 Å². The number of methoxy groups -OCH3 is 1. The van der Waals surface area contributed by atoms with Gasteiger partial charge in [0, 0.05) is 5.69 Å². The quantitative estimate of drug-likeness (QED) is 0.589. The van der Waals surface area contributed by atoms with Gasteiger partial charge in [-0.25, -0.2) is 4.79 Å². The van der Waals surface area contributed by atoms with Crippen molar-refractivity contribution in [3.63, 3.8) is 0 Å². The van der Waals surface area contributed by atoms with Crippen molar-refractivity contribution in [3.05, 3.63) is 23.8 Å². The van der Waals surface area contributed by atoms with Crippen LogP contribution in [0.5, 0.6) is 0 Å². The Bertz CT molecular complexity index is 603. The average Bonchev–Trinajstić information content (AvgIpc) is 2.34. The Balaban J connectivity index is 0.00000529. The van der Waals surface area contributed by atoms with E-state index in [2.05, 4.69) is 10.1 Å². The molecule has 5 nitrogen and oxygen atoms in total. The average molecular weight is 371 g/mol. The Morgan fingerprint density at radius 2 is 1.75 bits per heavy atom. The molecule has 0 radical (unpaired) electrons. The van der Waals surface area contributed by atoms with Crippen LogP contribution < -0.4 is 62.2 Å². The van der Waals surface area contributed by atoms with Crippen LogP contribution in [0.3, 0.4) is 0 Å². The molecule has 0 saturated carbocycles. The number of nitrogens with one attached hydrogen (secondary N) is 1. The van der Waals surface area contributed by atoms with Crippen molar-refractivity contribution in [1.82, 2.24) is 0 Å². The number of hydrogen-bond donors (Lipinski definition) is 1. The minimum Gasteiger partial charge on any atom is -0.469 e. The molecular weight excluding hydrogens is 353 g/mol. The van der Waals surface area contributed by atoms with Crippen LogP contribution in [0.25, 0.3) is 0 Å². The van der Waals surface area contributed by atoms with Crippen molar-refractivity contribution in [1.29, 1.82) is 0 Å². The Morgan fingerprint density at radius 3 is 2.21 bits per heavy atom. The molecule has 1 rings (SSSR count). The first kappa shape index (κ1) is 23.5. The molecule has 0 aromatic heterocycles. The van der Waals surface area contributed by atoms with Crippen LogP contribution >= 0.6 is 0 Å². The van der Waals surface area contributed by atoms with E-state index in [9.17, 15) is 22.5 Å². The van der Waals surface area contributed by atoms with Gasteiger partial charge in [-0.3, -0.25) is 10.1 Å². The van der Waals surface area contributed by atoms with Gasteiger partial charge in [-0.05, 0) is 32.4 Å². The monoisotopic (exact) mass is 371 g/mol. The van der Waals surface area contributed by atoms with Gasteiger partial charge in [0.2, 0.25) is 0 Å². The van der Waals surface area contributed by atoms with Crippen molar-refractivity contribution in [2.75, 3.05) is 12.4 Å². The van der Waals surface area contributed by atoms with Crippen molar-refractivity contribution >= 4 is 30.2 Å². The molecule has 1 aromatic rings. The Morgan fingerprint density at radius 1 is 1.17 bits per heavy atom. The summed E-state index contributed by atoms with van der Waals surface area (Å²) < 4.78 is 48.4. The fraction of sp³-hybridized carbons (Fsp3) is 0.429. The van der Waals surface area contributed by atoms with Crippen molar-refractivity contribution in [3.8, 4) is 0 Å². The maximum Gasteiger partial charge on any atom is 1.00 e. The van der Waals surface area contributed by atoms with Gasteiger partial charge >= 0.3 is 70.4 Å². The second-order valence-corrected chi connectivity index (χ2v) is 5.92. The van der Waals surface area contributed by atoms with Crippen LogP contribution in [0.15, 0.2) is 18.2 Å². The summed E-state index contributed by atoms with van der Waals surface area (Å²) in [6, 6.07) is 2.92. The summed E-state index contributed by atoms with van der Waals surface area (Å²) in [5.41, 5.74) is -1.73. The molecule has 0 atom stereocenters. The number of carbonyl (C=O) groups excluding carboxylic acids is 2. The number of benzene rings is 1. The van der Waals surface area contributed by atoms with E-state index in [0.717, 1.165) is 19.2 Å². The SMILES string of the molecule is COC(=O)Cc1cc(NC(=O)OC(C)(C)C)cc([B-](F)(F)F)c1.[K+]. The van der Waals surface area contributed by atoms with E-state index < -0.39 is 30.1 Å². The van der Waals surface area contributed by atoms with Crippen LogP contribution in [0.2, 0.25) is 0 Å². The number of hydrogen-bond acceptors (Lipinski definition) is 4. The van der Waals surface area contributed by atoms with E-state index in [1.165, 1.54) is 6.07 Å². The van der Waals surface area contributed by atoms with Gasteiger partial charge in [0.25, 0.3) is 0 Å². The number of carbonyl (C=O) groups is 2. The van der Waals surface area contributed by atoms with Gasteiger partial charge < -0.3 is 22.4 Å². The van der Waals surface area contributed by atoms with Crippen LogP contribution in [-0.2, 0) is 20.7 Å². The normalized spacial score (nSPS) is 11.3. The van der Waals surface area contributed by atoms with Crippen molar-refractivity contribution in [2.24, 2.45) is 0 Å². The second-order valence-electron chi connectivity index (χ2n) is 5.92. The maximum absolute atomic E-state index is 13.0. The summed E-state index contributed by atoms with van der Waals surface area (Å²) in [5.74, 6) is -0.681. The summed E-state index contributed by atoms with van der Waals surface area (Å²) in [4.78, 5) is 22.9. The molecule has 1 aromatic carbocycles. The molecule has 0 aliphatic rings. The fourth-order valence-electron chi connectivity index (χ4n) is 1.74. The fourth-order valence-corrected chi connectivity index (χ4v) is 1.74. The largest absolute Gasteiger partial charge is 1.00 e. The van der Waals surface area contributed by atoms with Gasteiger partial charge in [0.05, 0.1) is 13.5 Å². The first-order chi connectivity index (χ1) is 10.4. The predicted molar refractivity (Wildman–Crippen MR) is 80.7 cm³/mol. The third-order valence-corrected chi connectivity index (χ3v) is 2.61. The molecule has 0 aliphatic heterocycles. The van der Waals surface area contributed by atoms with Gasteiger partial charge in [-0.1, -0.05) is 12.1 Å². The van der Waals surface area contributed by atoms with E-state index in [0.29, 0.717) is 0 Å². The Kier molecular flexibility index (Phi) is 9.02. The van der Waals surface area contributed by atoms with Gasteiger partial charge in [0.1, 0.15) is 5.60 Å². The number of rotatable bonds is 4. The van der Waals surface area contributed by atoms with Crippen LogP contribution in [-0.4, -0.2) is 31.8 Å². The van der Waals surface area contributed by atoms with Gasteiger partial charge in [0.15, 0.2) is 0 Å². The van der Waals surface area contributed by atoms with Gasteiger partial charge in [-0.2, -0.15) is 0 Å². The molecule has 0 spiro atoms. The predicted octanol–water partition coefficient (Wildman–Crippen LogP) is -0.192. The second kappa shape index (κ2) is 9.23. The topological polar surface area (TPSA) is 64.6 Å². The summed E-state index contributed by atoms with van der Waals surface area (Å²) in [6.07, 6.45) is -1.21. The number of ether oxygens (including phenoxy) is 2. The molecule has 0 heterocycles. The minimum atomic E-state index is -5.28. The molecule has 10 heteroatoms. The molecule has 24 heavy (non-hydrogen) atoms. The van der Waals surface area contributed by atoms with Crippen LogP contribution in [0.4, 0.5) is 23.4 Å².